The Labute approximate surface area is 194 Å². The predicted octanol–water partition coefficient (Wildman–Crippen LogP) is 5.20. The van der Waals surface area contributed by atoms with Crippen LogP contribution < -0.4 is 5.32 Å². The first-order valence-electron chi connectivity index (χ1n) is 10.3. The van der Waals surface area contributed by atoms with E-state index < -0.39 is 15.9 Å². The third-order valence-corrected chi connectivity index (χ3v) is 8.56. The second-order valence-corrected chi connectivity index (χ2v) is 11.1. The van der Waals surface area contributed by atoms with Crippen LogP contribution in [0.4, 0.5) is 0 Å². The summed E-state index contributed by atoms with van der Waals surface area (Å²) in [5, 5.41) is 3.50. The Kier molecular flexibility index (Phi) is 7.36. The standard InChI is InChI=1S/C23H28Cl2N2O3S/c1-14-10-16(3)20(11-15(14)2)17(4)26-23(28)18-6-5-9-27(13-18)31(29,30)22-12-19(24)7-8-21(22)25/h7-8,10-12,17-18H,5-6,9,13H2,1-4H3,(H,26,28)/t17-,18+/m1/s1. The second-order valence-electron chi connectivity index (χ2n) is 8.30. The Bertz CT molecular complexity index is 1100. The van der Waals surface area contributed by atoms with Gasteiger partial charge in [0, 0.05) is 18.1 Å². The van der Waals surface area contributed by atoms with E-state index in [0.29, 0.717) is 24.4 Å². The van der Waals surface area contributed by atoms with E-state index in [0.717, 1.165) is 11.1 Å². The van der Waals surface area contributed by atoms with Crippen molar-refractivity contribution >= 4 is 39.1 Å². The molecule has 0 unspecified atom stereocenters. The Morgan fingerprint density at radius 2 is 1.77 bits per heavy atom. The van der Waals surface area contributed by atoms with Crippen LogP contribution in [0, 0.1) is 26.7 Å². The van der Waals surface area contributed by atoms with Crippen LogP contribution >= 0.6 is 23.2 Å². The van der Waals surface area contributed by atoms with Crippen molar-refractivity contribution < 1.29 is 13.2 Å². The number of benzene rings is 2. The highest BCUT2D eigenvalue weighted by Gasteiger charge is 2.35. The first-order chi connectivity index (χ1) is 14.5. The number of carbonyl (C=O) groups is 1. The van der Waals surface area contributed by atoms with Crippen LogP contribution in [0.2, 0.25) is 10.0 Å². The lowest BCUT2D eigenvalue weighted by Crippen LogP contribution is -2.45. The quantitative estimate of drug-likeness (QED) is 0.636. The highest BCUT2D eigenvalue weighted by atomic mass is 35.5. The third kappa shape index (κ3) is 5.25. The van der Waals surface area contributed by atoms with E-state index in [2.05, 4.69) is 31.3 Å². The SMILES string of the molecule is Cc1cc(C)c([C@@H](C)NC(=O)[C@H]2CCCN(S(=O)(=O)c3cc(Cl)ccc3Cl)C2)cc1C. The molecule has 31 heavy (non-hydrogen) atoms. The van der Waals surface area contributed by atoms with E-state index in [-0.39, 0.29) is 28.4 Å². The zero-order valence-electron chi connectivity index (χ0n) is 18.2. The summed E-state index contributed by atoms with van der Waals surface area (Å²) in [5.74, 6) is -0.557. The van der Waals surface area contributed by atoms with Crippen molar-refractivity contribution in [3.8, 4) is 0 Å². The van der Waals surface area contributed by atoms with Gasteiger partial charge in [-0.1, -0.05) is 35.3 Å². The maximum atomic E-state index is 13.1. The fraction of sp³-hybridized carbons (Fsp3) is 0.435. The molecule has 168 valence electrons. The smallest absolute Gasteiger partial charge is 0.244 e. The minimum absolute atomic E-state index is 0.0261. The normalized spacial score (nSPS) is 18.6. The van der Waals surface area contributed by atoms with Crippen LogP contribution in [0.1, 0.15) is 48.1 Å². The highest BCUT2D eigenvalue weighted by Crippen LogP contribution is 2.31. The number of nitrogens with one attached hydrogen (secondary N) is 1. The van der Waals surface area contributed by atoms with Gasteiger partial charge in [0.05, 0.1) is 17.0 Å². The molecule has 1 fully saturated rings. The third-order valence-electron chi connectivity index (χ3n) is 5.97. The topological polar surface area (TPSA) is 66.5 Å². The average Bonchev–Trinajstić information content (AvgIpc) is 2.72. The molecule has 8 heteroatoms. The average molecular weight is 483 g/mol. The van der Waals surface area contributed by atoms with Gasteiger partial charge in [0.1, 0.15) is 4.90 Å². The Hall–Kier alpha value is -1.60. The molecular weight excluding hydrogens is 455 g/mol. The molecule has 5 nitrogen and oxygen atoms in total. The van der Waals surface area contributed by atoms with Crippen molar-refractivity contribution in [2.24, 2.45) is 5.92 Å². The van der Waals surface area contributed by atoms with Gasteiger partial charge in [-0.2, -0.15) is 4.31 Å². The number of piperidine rings is 1. The number of carbonyl (C=O) groups excluding carboxylic acids is 1. The Morgan fingerprint density at radius 1 is 1.10 bits per heavy atom. The van der Waals surface area contributed by atoms with Crippen molar-refractivity contribution in [1.29, 1.82) is 0 Å². The van der Waals surface area contributed by atoms with Crippen molar-refractivity contribution in [1.82, 2.24) is 9.62 Å². The van der Waals surface area contributed by atoms with E-state index in [4.69, 9.17) is 23.2 Å². The van der Waals surface area contributed by atoms with Gasteiger partial charge in [-0.25, -0.2) is 8.42 Å². The van der Waals surface area contributed by atoms with Crippen LogP contribution in [0.25, 0.3) is 0 Å². The fourth-order valence-electron chi connectivity index (χ4n) is 4.05. The monoisotopic (exact) mass is 482 g/mol. The summed E-state index contributed by atoms with van der Waals surface area (Å²) < 4.78 is 27.6. The largest absolute Gasteiger partial charge is 0.349 e. The van der Waals surface area contributed by atoms with Gasteiger partial charge in [0.15, 0.2) is 0 Å². The first-order valence-corrected chi connectivity index (χ1v) is 12.5. The van der Waals surface area contributed by atoms with E-state index >= 15 is 0 Å². The van der Waals surface area contributed by atoms with Gasteiger partial charge < -0.3 is 5.32 Å². The zero-order valence-corrected chi connectivity index (χ0v) is 20.5. The highest BCUT2D eigenvalue weighted by molar-refractivity contribution is 7.89. The number of amides is 1. The minimum Gasteiger partial charge on any atom is -0.349 e. The number of aryl methyl sites for hydroxylation is 3. The molecule has 1 amide bonds. The number of nitrogens with zero attached hydrogens (tertiary/aromatic N) is 1. The van der Waals surface area contributed by atoms with Crippen LogP contribution in [0.3, 0.4) is 0 Å². The van der Waals surface area contributed by atoms with E-state index in [1.165, 1.54) is 27.6 Å². The fourth-order valence-corrected chi connectivity index (χ4v) is 6.31. The van der Waals surface area contributed by atoms with Gasteiger partial charge in [-0.15, -0.1) is 0 Å². The summed E-state index contributed by atoms with van der Waals surface area (Å²) in [6.07, 6.45) is 1.24. The predicted molar refractivity (Wildman–Crippen MR) is 125 cm³/mol. The summed E-state index contributed by atoms with van der Waals surface area (Å²) >= 11 is 12.1. The molecule has 3 rings (SSSR count). The molecule has 2 atom stereocenters. The van der Waals surface area contributed by atoms with Crippen molar-refractivity contribution in [2.75, 3.05) is 13.1 Å². The molecule has 1 heterocycles. The summed E-state index contributed by atoms with van der Waals surface area (Å²) in [6.45, 7) is 8.58. The molecule has 1 N–H and O–H groups in total. The lowest BCUT2D eigenvalue weighted by atomic mass is 9.95. The van der Waals surface area contributed by atoms with E-state index in [1.807, 2.05) is 13.8 Å². The Balaban J connectivity index is 1.75. The molecule has 0 saturated carbocycles. The van der Waals surface area contributed by atoms with Crippen molar-refractivity contribution in [3.63, 3.8) is 0 Å². The number of rotatable bonds is 5. The molecule has 0 aliphatic carbocycles. The van der Waals surface area contributed by atoms with E-state index in [1.54, 1.807) is 6.07 Å². The molecule has 0 aromatic heterocycles. The maximum Gasteiger partial charge on any atom is 0.244 e. The van der Waals surface area contributed by atoms with Gasteiger partial charge in [-0.05, 0) is 81.0 Å². The van der Waals surface area contributed by atoms with Crippen LogP contribution in [-0.2, 0) is 14.8 Å². The van der Waals surface area contributed by atoms with E-state index in [9.17, 15) is 13.2 Å². The number of halogens is 2. The number of hydrogen-bond acceptors (Lipinski definition) is 3. The van der Waals surface area contributed by atoms with Gasteiger partial charge in [-0.3, -0.25) is 4.79 Å². The van der Waals surface area contributed by atoms with Crippen LogP contribution in [-0.4, -0.2) is 31.7 Å². The summed E-state index contributed by atoms with van der Waals surface area (Å²) in [6, 6.07) is 8.43. The van der Waals surface area contributed by atoms with Gasteiger partial charge in [0.25, 0.3) is 0 Å². The van der Waals surface area contributed by atoms with Crippen molar-refractivity contribution in [2.45, 2.75) is 51.5 Å². The van der Waals surface area contributed by atoms with Crippen LogP contribution in [0.5, 0.6) is 0 Å². The minimum atomic E-state index is -3.84. The number of sulfonamides is 1. The molecule has 2 aromatic carbocycles. The summed E-state index contributed by atoms with van der Waals surface area (Å²) in [7, 11) is -3.84. The second kappa shape index (κ2) is 9.49. The molecule has 1 aliphatic rings. The summed E-state index contributed by atoms with van der Waals surface area (Å²) in [4.78, 5) is 13.0. The number of hydrogen-bond donors (Lipinski definition) is 1. The van der Waals surface area contributed by atoms with Crippen LogP contribution in [0.15, 0.2) is 35.2 Å². The van der Waals surface area contributed by atoms with Gasteiger partial charge in [0.2, 0.25) is 15.9 Å². The Morgan fingerprint density at radius 3 is 2.48 bits per heavy atom. The zero-order chi connectivity index (χ0) is 22.9. The first kappa shape index (κ1) is 24.1. The molecule has 0 radical (unpaired) electrons. The van der Waals surface area contributed by atoms with Gasteiger partial charge >= 0.3 is 0 Å². The lowest BCUT2D eigenvalue weighted by molar-refractivity contribution is -0.126. The van der Waals surface area contributed by atoms with Crippen molar-refractivity contribution in [3.05, 3.63) is 62.6 Å². The molecule has 1 saturated heterocycles. The lowest BCUT2D eigenvalue weighted by Gasteiger charge is -2.32. The molecule has 1 aliphatic heterocycles. The maximum absolute atomic E-state index is 13.1. The molecule has 0 bridgehead atoms. The molecule has 0 spiro atoms. The molecule has 2 aromatic rings. The summed E-state index contributed by atoms with van der Waals surface area (Å²) in [5.41, 5.74) is 4.59. The molecular formula is C23H28Cl2N2O3S.